The fourth-order valence-corrected chi connectivity index (χ4v) is 4.18. The molecule has 0 saturated carbocycles. The van der Waals surface area contributed by atoms with Crippen LogP contribution in [-0.4, -0.2) is 48.3 Å². The Bertz CT molecular complexity index is 669. The van der Waals surface area contributed by atoms with Crippen molar-refractivity contribution in [2.45, 2.75) is 32.2 Å². The number of hydrogen-bond donors (Lipinski definition) is 0. The highest BCUT2D eigenvalue weighted by Crippen LogP contribution is 2.23. The van der Waals surface area contributed by atoms with E-state index in [1.807, 2.05) is 13.8 Å². The van der Waals surface area contributed by atoms with Crippen LogP contribution in [0.3, 0.4) is 0 Å². The van der Waals surface area contributed by atoms with Crippen LogP contribution in [-0.2, 0) is 9.84 Å². The first-order chi connectivity index (χ1) is 9.85. The third-order valence-electron chi connectivity index (χ3n) is 3.49. The molecule has 7 heteroatoms. The molecule has 21 heavy (non-hydrogen) atoms. The number of sulfone groups is 1. The standard InChI is InChI=1S/C14H18N2O4S/c1-4-6-16(11-5-7-21(18,19)8-11)14(17)12-13(10(2)3)20-9-15-12/h1,9-11H,5-8H2,2-3H3/t11-/m1/s1. The van der Waals surface area contributed by atoms with E-state index < -0.39 is 15.9 Å². The van der Waals surface area contributed by atoms with Crippen LogP contribution in [0.4, 0.5) is 0 Å². The molecule has 1 amide bonds. The molecule has 0 spiro atoms. The molecule has 1 aliphatic rings. The van der Waals surface area contributed by atoms with Crippen molar-refractivity contribution in [1.82, 2.24) is 9.88 Å². The Morgan fingerprint density at radius 1 is 1.62 bits per heavy atom. The second-order valence-corrected chi connectivity index (χ2v) is 7.64. The quantitative estimate of drug-likeness (QED) is 0.777. The van der Waals surface area contributed by atoms with Gasteiger partial charge >= 0.3 is 0 Å². The van der Waals surface area contributed by atoms with Crippen molar-refractivity contribution in [2.75, 3.05) is 18.1 Å². The minimum atomic E-state index is -3.09. The van der Waals surface area contributed by atoms with E-state index in [0.717, 1.165) is 0 Å². The van der Waals surface area contributed by atoms with E-state index in [1.54, 1.807) is 0 Å². The fourth-order valence-electron chi connectivity index (χ4n) is 2.45. The molecule has 1 aliphatic heterocycles. The maximum atomic E-state index is 12.6. The molecule has 2 heterocycles. The van der Waals surface area contributed by atoms with Gasteiger partial charge in [-0.3, -0.25) is 4.79 Å². The van der Waals surface area contributed by atoms with Crippen LogP contribution in [0.5, 0.6) is 0 Å². The summed E-state index contributed by atoms with van der Waals surface area (Å²) in [5.74, 6) is 2.58. The molecule has 0 bridgehead atoms. The summed E-state index contributed by atoms with van der Waals surface area (Å²) in [6, 6.07) is -0.393. The van der Waals surface area contributed by atoms with Gasteiger partial charge < -0.3 is 9.32 Å². The van der Waals surface area contributed by atoms with Gasteiger partial charge in [-0.25, -0.2) is 13.4 Å². The van der Waals surface area contributed by atoms with Gasteiger partial charge in [0.05, 0.1) is 18.1 Å². The molecule has 1 saturated heterocycles. The molecule has 114 valence electrons. The Morgan fingerprint density at radius 3 is 2.86 bits per heavy atom. The van der Waals surface area contributed by atoms with Gasteiger partial charge in [0, 0.05) is 12.0 Å². The lowest BCUT2D eigenvalue weighted by atomic mass is 10.1. The fraction of sp³-hybridized carbons (Fsp3) is 0.571. The SMILES string of the molecule is C#CCN(C(=O)c1ncoc1C(C)C)[C@@H]1CCS(=O)(=O)C1. The Labute approximate surface area is 124 Å². The molecule has 1 aromatic rings. The van der Waals surface area contributed by atoms with Gasteiger partial charge in [-0.05, 0) is 6.42 Å². The zero-order valence-corrected chi connectivity index (χ0v) is 12.9. The lowest BCUT2D eigenvalue weighted by molar-refractivity contribution is 0.0716. The predicted octanol–water partition coefficient (Wildman–Crippen LogP) is 1.06. The maximum absolute atomic E-state index is 12.6. The maximum Gasteiger partial charge on any atom is 0.277 e. The molecule has 1 atom stereocenters. The summed E-state index contributed by atoms with van der Waals surface area (Å²) in [4.78, 5) is 18.0. The number of carbonyl (C=O) groups excluding carboxylic acids is 1. The highest BCUT2D eigenvalue weighted by molar-refractivity contribution is 7.91. The van der Waals surface area contributed by atoms with Crippen LogP contribution >= 0.6 is 0 Å². The smallest absolute Gasteiger partial charge is 0.277 e. The average Bonchev–Trinajstić information content (AvgIpc) is 3.01. The Kier molecular flexibility index (Phi) is 4.37. The lowest BCUT2D eigenvalue weighted by Crippen LogP contribution is -2.42. The average molecular weight is 310 g/mol. The zero-order chi connectivity index (χ0) is 15.6. The van der Waals surface area contributed by atoms with Gasteiger partial charge in [0.2, 0.25) is 0 Å². The van der Waals surface area contributed by atoms with Gasteiger partial charge in [-0.15, -0.1) is 6.42 Å². The van der Waals surface area contributed by atoms with Gasteiger partial charge in [0.1, 0.15) is 5.76 Å². The third-order valence-corrected chi connectivity index (χ3v) is 5.24. The number of hydrogen-bond acceptors (Lipinski definition) is 5. The number of nitrogens with zero attached hydrogens (tertiary/aromatic N) is 2. The van der Waals surface area contributed by atoms with Crippen LogP contribution in [0.2, 0.25) is 0 Å². The highest BCUT2D eigenvalue weighted by atomic mass is 32.2. The van der Waals surface area contributed by atoms with Gasteiger partial charge in [0.15, 0.2) is 21.9 Å². The summed E-state index contributed by atoms with van der Waals surface area (Å²) >= 11 is 0. The second kappa shape index (κ2) is 5.90. The zero-order valence-electron chi connectivity index (χ0n) is 12.1. The Balaban J connectivity index is 2.28. The minimum Gasteiger partial charge on any atom is -0.447 e. The normalized spacial score (nSPS) is 20.4. The number of aromatic nitrogens is 1. The van der Waals surface area contributed by atoms with E-state index in [4.69, 9.17) is 10.8 Å². The Morgan fingerprint density at radius 2 is 2.33 bits per heavy atom. The Hall–Kier alpha value is -1.81. The molecule has 0 aromatic carbocycles. The van der Waals surface area contributed by atoms with Crippen LogP contribution < -0.4 is 0 Å². The van der Waals surface area contributed by atoms with E-state index in [9.17, 15) is 13.2 Å². The number of carbonyl (C=O) groups is 1. The van der Waals surface area contributed by atoms with E-state index >= 15 is 0 Å². The van der Waals surface area contributed by atoms with E-state index in [-0.39, 0.29) is 35.6 Å². The molecule has 0 N–H and O–H groups in total. The highest BCUT2D eigenvalue weighted by Gasteiger charge is 2.36. The number of amides is 1. The number of oxazole rings is 1. The molecule has 6 nitrogen and oxygen atoms in total. The van der Waals surface area contributed by atoms with Crippen LogP contribution in [0.1, 0.15) is 42.4 Å². The summed E-state index contributed by atoms with van der Waals surface area (Å²) in [5, 5.41) is 0. The minimum absolute atomic E-state index is 0.00597. The monoisotopic (exact) mass is 310 g/mol. The third kappa shape index (κ3) is 3.27. The topological polar surface area (TPSA) is 80.5 Å². The molecule has 0 unspecified atom stereocenters. The van der Waals surface area contributed by atoms with Crippen LogP contribution in [0.15, 0.2) is 10.8 Å². The van der Waals surface area contributed by atoms with Crippen molar-refractivity contribution >= 4 is 15.7 Å². The summed E-state index contributed by atoms with van der Waals surface area (Å²) in [7, 11) is -3.09. The summed E-state index contributed by atoms with van der Waals surface area (Å²) in [6.45, 7) is 3.84. The van der Waals surface area contributed by atoms with Gasteiger partial charge in [0.25, 0.3) is 5.91 Å². The number of rotatable bonds is 4. The van der Waals surface area contributed by atoms with E-state index in [1.165, 1.54) is 11.3 Å². The molecular weight excluding hydrogens is 292 g/mol. The number of terminal acetylenes is 1. The van der Waals surface area contributed by atoms with Crippen LogP contribution in [0, 0.1) is 12.3 Å². The summed E-state index contributed by atoms with van der Waals surface area (Å²) in [5.41, 5.74) is 0.213. The van der Waals surface area contributed by atoms with Crippen molar-refractivity contribution in [3.05, 3.63) is 17.8 Å². The molecule has 0 radical (unpaired) electrons. The first kappa shape index (κ1) is 15.6. The lowest BCUT2D eigenvalue weighted by Gasteiger charge is -2.25. The first-order valence-corrected chi connectivity index (χ1v) is 8.56. The molecule has 2 rings (SSSR count). The molecule has 0 aliphatic carbocycles. The predicted molar refractivity (Wildman–Crippen MR) is 77.5 cm³/mol. The summed E-state index contributed by atoms with van der Waals surface area (Å²) < 4.78 is 28.5. The van der Waals surface area contributed by atoms with Crippen molar-refractivity contribution in [3.8, 4) is 12.3 Å². The van der Waals surface area contributed by atoms with Crippen molar-refractivity contribution in [3.63, 3.8) is 0 Å². The summed E-state index contributed by atoms with van der Waals surface area (Å²) in [6.07, 6.45) is 6.95. The first-order valence-electron chi connectivity index (χ1n) is 6.74. The largest absolute Gasteiger partial charge is 0.447 e. The van der Waals surface area contributed by atoms with Crippen molar-refractivity contribution in [2.24, 2.45) is 0 Å². The van der Waals surface area contributed by atoms with Gasteiger partial charge in [-0.2, -0.15) is 0 Å². The second-order valence-electron chi connectivity index (χ2n) is 5.41. The van der Waals surface area contributed by atoms with E-state index in [2.05, 4.69) is 10.9 Å². The van der Waals surface area contributed by atoms with Gasteiger partial charge in [-0.1, -0.05) is 19.8 Å². The molecule has 1 fully saturated rings. The van der Waals surface area contributed by atoms with Crippen molar-refractivity contribution in [1.29, 1.82) is 0 Å². The van der Waals surface area contributed by atoms with E-state index in [0.29, 0.717) is 12.2 Å². The molecular formula is C14H18N2O4S. The van der Waals surface area contributed by atoms with Crippen LogP contribution in [0.25, 0.3) is 0 Å². The van der Waals surface area contributed by atoms with Crippen molar-refractivity contribution < 1.29 is 17.6 Å². The molecule has 1 aromatic heterocycles.